The molecule has 0 aromatic carbocycles. The van der Waals surface area contributed by atoms with Crippen LogP contribution in [-0.2, 0) is 24.3 Å². The van der Waals surface area contributed by atoms with Crippen molar-refractivity contribution in [2.45, 2.75) is 39.2 Å². The molecule has 1 aliphatic heterocycles. The van der Waals surface area contributed by atoms with E-state index >= 15 is 0 Å². The quantitative estimate of drug-likeness (QED) is 0.733. The number of ether oxygens (including phenoxy) is 2. The zero-order valence-electron chi connectivity index (χ0n) is 14.1. The van der Waals surface area contributed by atoms with Gasteiger partial charge in [0, 0.05) is 19.6 Å². The second kappa shape index (κ2) is 7.96. The SMILES string of the molecule is COC(=O)CS(=O)(=O)N1CCC(CNC(=O)OC(C)(C)C)CC1. The monoisotopic (exact) mass is 350 g/mol. The van der Waals surface area contributed by atoms with Gasteiger partial charge in [0.15, 0.2) is 5.75 Å². The number of carbonyl (C=O) groups excluding carboxylic acids is 2. The van der Waals surface area contributed by atoms with Crippen molar-refractivity contribution < 1.29 is 27.5 Å². The maximum absolute atomic E-state index is 12.0. The van der Waals surface area contributed by atoms with Gasteiger partial charge in [-0.3, -0.25) is 4.79 Å². The first-order chi connectivity index (χ1) is 10.5. The van der Waals surface area contributed by atoms with Gasteiger partial charge in [-0.2, -0.15) is 0 Å². The number of carbonyl (C=O) groups is 2. The molecule has 23 heavy (non-hydrogen) atoms. The van der Waals surface area contributed by atoms with Crippen molar-refractivity contribution in [2.75, 3.05) is 32.5 Å². The Hall–Kier alpha value is -1.35. The van der Waals surface area contributed by atoms with Gasteiger partial charge in [0.1, 0.15) is 5.60 Å². The number of sulfonamides is 1. The molecule has 1 heterocycles. The Morgan fingerprint density at radius 3 is 2.26 bits per heavy atom. The molecule has 134 valence electrons. The number of rotatable bonds is 5. The van der Waals surface area contributed by atoms with Crippen LogP contribution in [0.2, 0.25) is 0 Å². The van der Waals surface area contributed by atoms with Gasteiger partial charge in [-0.15, -0.1) is 0 Å². The number of hydrogen-bond donors (Lipinski definition) is 1. The van der Waals surface area contributed by atoms with E-state index in [4.69, 9.17) is 4.74 Å². The largest absolute Gasteiger partial charge is 0.468 e. The van der Waals surface area contributed by atoms with Crippen molar-refractivity contribution >= 4 is 22.1 Å². The summed E-state index contributed by atoms with van der Waals surface area (Å²) in [6.45, 7) is 6.48. The number of esters is 1. The summed E-state index contributed by atoms with van der Waals surface area (Å²) in [5.41, 5.74) is -0.546. The van der Waals surface area contributed by atoms with Crippen molar-refractivity contribution in [2.24, 2.45) is 5.92 Å². The highest BCUT2D eigenvalue weighted by Crippen LogP contribution is 2.19. The average molecular weight is 350 g/mol. The lowest BCUT2D eigenvalue weighted by atomic mass is 9.98. The highest BCUT2D eigenvalue weighted by molar-refractivity contribution is 7.89. The lowest BCUT2D eigenvalue weighted by molar-refractivity contribution is -0.137. The predicted octanol–water partition coefficient (Wildman–Crippen LogP) is 0.726. The fraction of sp³-hybridized carbons (Fsp3) is 0.857. The molecule has 1 aliphatic rings. The van der Waals surface area contributed by atoms with Crippen LogP contribution in [0.5, 0.6) is 0 Å². The molecule has 0 saturated carbocycles. The molecular weight excluding hydrogens is 324 g/mol. The molecule has 1 rings (SSSR count). The predicted molar refractivity (Wildman–Crippen MR) is 84.3 cm³/mol. The molecule has 0 aromatic rings. The Morgan fingerprint density at radius 2 is 1.78 bits per heavy atom. The molecule has 0 bridgehead atoms. The molecule has 0 radical (unpaired) electrons. The second-order valence-electron chi connectivity index (χ2n) is 6.56. The minimum absolute atomic E-state index is 0.187. The fourth-order valence-corrected chi connectivity index (χ4v) is 3.60. The fourth-order valence-electron chi connectivity index (χ4n) is 2.23. The van der Waals surface area contributed by atoms with Crippen molar-refractivity contribution in [1.82, 2.24) is 9.62 Å². The number of nitrogens with zero attached hydrogens (tertiary/aromatic N) is 1. The molecule has 1 amide bonds. The normalized spacial score (nSPS) is 17.6. The van der Waals surface area contributed by atoms with Crippen molar-refractivity contribution in [3.63, 3.8) is 0 Å². The van der Waals surface area contributed by atoms with Crippen molar-refractivity contribution in [3.8, 4) is 0 Å². The van der Waals surface area contributed by atoms with Crippen LogP contribution in [-0.4, -0.2) is 62.9 Å². The van der Waals surface area contributed by atoms with Gasteiger partial charge in [-0.05, 0) is 39.5 Å². The molecule has 0 unspecified atom stereocenters. The van der Waals surface area contributed by atoms with Crippen LogP contribution in [0.3, 0.4) is 0 Å². The zero-order chi connectivity index (χ0) is 17.7. The van der Waals surface area contributed by atoms with Crippen molar-refractivity contribution in [3.05, 3.63) is 0 Å². The van der Waals surface area contributed by atoms with Gasteiger partial charge in [0.05, 0.1) is 7.11 Å². The van der Waals surface area contributed by atoms with Crippen molar-refractivity contribution in [1.29, 1.82) is 0 Å². The van der Waals surface area contributed by atoms with E-state index in [1.165, 1.54) is 4.31 Å². The highest BCUT2D eigenvalue weighted by Gasteiger charge is 2.30. The van der Waals surface area contributed by atoms with E-state index in [9.17, 15) is 18.0 Å². The Morgan fingerprint density at radius 1 is 1.22 bits per heavy atom. The summed E-state index contributed by atoms with van der Waals surface area (Å²) in [5, 5.41) is 2.70. The topological polar surface area (TPSA) is 102 Å². The van der Waals surface area contributed by atoms with E-state index in [-0.39, 0.29) is 5.92 Å². The van der Waals surface area contributed by atoms with E-state index in [1.54, 1.807) is 20.8 Å². The number of alkyl carbamates (subject to hydrolysis) is 1. The summed E-state index contributed by atoms with van der Waals surface area (Å²) in [6.07, 6.45) is 0.769. The van der Waals surface area contributed by atoms with Crippen LogP contribution in [0.25, 0.3) is 0 Å². The van der Waals surface area contributed by atoms with Gasteiger partial charge < -0.3 is 14.8 Å². The molecule has 0 aliphatic carbocycles. The summed E-state index contributed by atoms with van der Waals surface area (Å²) < 4.78 is 34.9. The third kappa shape index (κ3) is 7.17. The van der Waals surface area contributed by atoms with Crippen LogP contribution in [0, 0.1) is 5.92 Å². The Balaban J connectivity index is 2.38. The molecule has 1 saturated heterocycles. The Kier molecular flexibility index (Phi) is 6.82. The number of nitrogens with one attached hydrogen (secondary N) is 1. The van der Waals surface area contributed by atoms with Crippen LogP contribution in [0.4, 0.5) is 4.79 Å². The van der Waals surface area contributed by atoms with E-state index in [1.807, 2.05) is 0 Å². The number of hydrogen-bond acceptors (Lipinski definition) is 6. The molecule has 0 aromatic heterocycles. The molecule has 8 nitrogen and oxygen atoms in total. The maximum Gasteiger partial charge on any atom is 0.407 e. The first-order valence-corrected chi connectivity index (χ1v) is 9.16. The molecule has 0 spiro atoms. The molecule has 1 N–H and O–H groups in total. The van der Waals surface area contributed by atoms with Crippen LogP contribution in [0.1, 0.15) is 33.6 Å². The summed E-state index contributed by atoms with van der Waals surface area (Å²) >= 11 is 0. The van der Waals surface area contributed by atoms with E-state index in [0.29, 0.717) is 32.5 Å². The molecule has 1 fully saturated rings. The number of piperidine rings is 1. The second-order valence-corrected chi connectivity index (χ2v) is 8.53. The summed E-state index contributed by atoms with van der Waals surface area (Å²) in [6, 6.07) is 0. The Bertz CT molecular complexity index is 518. The average Bonchev–Trinajstić information content (AvgIpc) is 2.43. The first kappa shape index (κ1) is 19.7. The van der Waals surface area contributed by atoms with Gasteiger partial charge in [0.2, 0.25) is 10.0 Å². The maximum atomic E-state index is 12.0. The van der Waals surface area contributed by atoms with Gasteiger partial charge in [0.25, 0.3) is 0 Å². The molecule has 9 heteroatoms. The van der Waals surface area contributed by atoms with Gasteiger partial charge >= 0.3 is 12.1 Å². The molecular formula is C14H26N2O6S. The third-order valence-corrected chi connectivity index (χ3v) is 5.18. The number of amides is 1. The van der Waals surface area contributed by atoms with Crippen LogP contribution < -0.4 is 5.32 Å². The summed E-state index contributed by atoms with van der Waals surface area (Å²) in [5.74, 6) is -1.21. The van der Waals surface area contributed by atoms with E-state index in [2.05, 4.69) is 10.1 Å². The smallest absolute Gasteiger partial charge is 0.407 e. The Labute approximate surface area is 137 Å². The van der Waals surface area contributed by atoms with Gasteiger partial charge in [-0.25, -0.2) is 17.5 Å². The van der Waals surface area contributed by atoms with Gasteiger partial charge in [-0.1, -0.05) is 0 Å². The summed E-state index contributed by atoms with van der Waals surface area (Å²) in [7, 11) is -2.47. The molecule has 0 atom stereocenters. The van der Waals surface area contributed by atoms with Crippen LogP contribution in [0.15, 0.2) is 0 Å². The third-order valence-electron chi connectivity index (χ3n) is 3.43. The standard InChI is InChI=1S/C14H26N2O6S/c1-14(2,3)22-13(18)15-9-11-5-7-16(8-6-11)23(19,20)10-12(17)21-4/h11H,5-10H2,1-4H3,(H,15,18). The lowest BCUT2D eigenvalue weighted by Crippen LogP contribution is -2.44. The first-order valence-electron chi connectivity index (χ1n) is 7.55. The summed E-state index contributed by atoms with van der Waals surface area (Å²) in [4.78, 5) is 22.7. The van der Waals surface area contributed by atoms with Crippen LogP contribution >= 0.6 is 0 Å². The lowest BCUT2D eigenvalue weighted by Gasteiger charge is -2.31. The van der Waals surface area contributed by atoms with E-state index in [0.717, 1.165) is 7.11 Å². The minimum Gasteiger partial charge on any atom is -0.468 e. The highest BCUT2D eigenvalue weighted by atomic mass is 32.2. The van der Waals surface area contributed by atoms with E-state index < -0.39 is 33.4 Å². The zero-order valence-corrected chi connectivity index (χ0v) is 14.9. The minimum atomic E-state index is -3.63. The number of methoxy groups -OCH3 is 1.